The van der Waals surface area contributed by atoms with Crippen LogP contribution in [0.4, 0.5) is 11.4 Å². The standard InChI is InChI=1S/C60H108N2/c1-3-5-7-9-11-13-15-17-19-21-23-25-27-29-31-33-35-37-39-41-49-55-61(59-51-45-43-46-52-59)57-58-62(60-53-47-44-48-54-60)56-50-42-40-38-36-34-32-30-28-26-24-22-20-18-16-14-12-10-8-6-4-2/h43-48,51-54H,3-42,49-50,55-58H2,1-2H3. The third kappa shape index (κ3) is 35.4. The summed E-state index contributed by atoms with van der Waals surface area (Å²) in [6.07, 6.45) is 60.6. The zero-order valence-electron chi connectivity index (χ0n) is 42.2. The highest BCUT2D eigenvalue weighted by Gasteiger charge is 2.11. The minimum absolute atomic E-state index is 1.09. The summed E-state index contributed by atoms with van der Waals surface area (Å²) in [6.45, 7) is 9.16. The molecule has 0 aromatic heterocycles. The summed E-state index contributed by atoms with van der Waals surface area (Å²) >= 11 is 0. The zero-order chi connectivity index (χ0) is 43.9. The molecular formula is C60H108N2. The van der Waals surface area contributed by atoms with Crippen molar-refractivity contribution >= 4 is 11.4 Å². The molecule has 0 saturated heterocycles. The molecule has 0 saturated carbocycles. The van der Waals surface area contributed by atoms with E-state index in [0.29, 0.717) is 0 Å². The second-order valence-electron chi connectivity index (χ2n) is 19.8. The monoisotopic (exact) mass is 857 g/mol. The van der Waals surface area contributed by atoms with Crippen LogP contribution in [-0.4, -0.2) is 26.2 Å². The van der Waals surface area contributed by atoms with Crippen molar-refractivity contribution in [3.05, 3.63) is 60.7 Å². The SMILES string of the molecule is CCCCCCCCCCCCCCCCCCCCCCCN(CCN(CCCCCCCCCCCCCCCCCCCCCCC)c1ccccc1)c1ccccc1. The lowest BCUT2D eigenvalue weighted by Crippen LogP contribution is -2.36. The number of unbranched alkanes of at least 4 members (excludes halogenated alkanes) is 40. The van der Waals surface area contributed by atoms with E-state index < -0.39 is 0 Å². The Morgan fingerprint density at radius 1 is 0.210 bits per heavy atom. The summed E-state index contributed by atoms with van der Waals surface area (Å²) in [6, 6.07) is 22.5. The van der Waals surface area contributed by atoms with Crippen LogP contribution < -0.4 is 9.80 Å². The van der Waals surface area contributed by atoms with E-state index in [2.05, 4.69) is 84.3 Å². The molecule has 0 spiro atoms. The summed E-state index contributed by atoms with van der Waals surface area (Å²) in [4.78, 5) is 5.34. The molecule has 0 radical (unpaired) electrons. The van der Waals surface area contributed by atoms with E-state index in [1.54, 1.807) is 0 Å². The maximum Gasteiger partial charge on any atom is 0.0366 e. The molecule has 0 fully saturated rings. The van der Waals surface area contributed by atoms with Gasteiger partial charge in [-0.3, -0.25) is 0 Å². The lowest BCUT2D eigenvalue weighted by Gasteiger charge is -2.31. The lowest BCUT2D eigenvalue weighted by molar-refractivity contribution is 0.519. The third-order valence-corrected chi connectivity index (χ3v) is 13.9. The fourth-order valence-corrected chi connectivity index (χ4v) is 9.73. The van der Waals surface area contributed by atoms with Crippen LogP contribution in [0.15, 0.2) is 60.7 Å². The molecule has 0 aliphatic heterocycles. The van der Waals surface area contributed by atoms with Gasteiger partial charge in [-0.2, -0.15) is 0 Å². The first-order valence-electron chi connectivity index (χ1n) is 28.4. The Kier molecular flexibility index (Phi) is 41.3. The molecule has 0 N–H and O–H groups in total. The van der Waals surface area contributed by atoms with Gasteiger partial charge in [-0.25, -0.2) is 0 Å². The number of para-hydroxylation sites is 2. The van der Waals surface area contributed by atoms with Crippen LogP contribution in [-0.2, 0) is 0 Å². The van der Waals surface area contributed by atoms with E-state index in [0.717, 1.165) is 13.1 Å². The molecule has 0 heterocycles. The van der Waals surface area contributed by atoms with Gasteiger partial charge in [-0.1, -0.05) is 307 Å². The van der Waals surface area contributed by atoms with Gasteiger partial charge in [0.15, 0.2) is 0 Å². The topological polar surface area (TPSA) is 6.48 Å². The van der Waals surface area contributed by atoms with Crippen molar-refractivity contribution in [1.82, 2.24) is 0 Å². The number of hydrogen-bond donors (Lipinski definition) is 0. The Balaban J connectivity index is 1.49. The highest BCUT2D eigenvalue weighted by atomic mass is 15.2. The largest absolute Gasteiger partial charge is 0.370 e. The van der Waals surface area contributed by atoms with Crippen molar-refractivity contribution in [3.8, 4) is 0 Å². The fraction of sp³-hybridized carbons (Fsp3) is 0.800. The lowest BCUT2D eigenvalue weighted by atomic mass is 10.0. The van der Waals surface area contributed by atoms with Gasteiger partial charge in [0.05, 0.1) is 0 Å². The van der Waals surface area contributed by atoms with Crippen LogP contribution in [0.25, 0.3) is 0 Å². The van der Waals surface area contributed by atoms with Crippen molar-refractivity contribution in [2.24, 2.45) is 0 Å². The molecular weight excluding hydrogens is 749 g/mol. The molecule has 2 rings (SSSR count). The van der Waals surface area contributed by atoms with Crippen molar-refractivity contribution in [3.63, 3.8) is 0 Å². The van der Waals surface area contributed by atoms with Crippen molar-refractivity contribution < 1.29 is 0 Å². The molecule has 0 aliphatic rings. The van der Waals surface area contributed by atoms with Gasteiger partial charge in [-0.05, 0) is 37.1 Å². The van der Waals surface area contributed by atoms with E-state index in [1.165, 1.54) is 294 Å². The zero-order valence-corrected chi connectivity index (χ0v) is 42.2. The van der Waals surface area contributed by atoms with Gasteiger partial charge < -0.3 is 9.80 Å². The van der Waals surface area contributed by atoms with E-state index in [1.807, 2.05) is 0 Å². The van der Waals surface area contributed by atoms with Gasteiger partial charge in [0.25, 0.3) is 0 Å². The van der Waals surface area contributed by atoms with Crippen LogP contribution in [0.5, 0.6) is 0 Å². The smallest absolute Gasteiger partial charge is 0.0366 e. The first kappa shape index (κ1) is 56.2. The number of hydrogen-bond acceptors (Lipinski definition) is 2. The maximum absolute atomic E-state index is 2.67. The van der Waals surface area contributed by atoms with Crippen LogP contribution in [0.1, 0.15) is 284 Å². The second kappa shape index (κ2) is 45.6. The summed E-state index contributed by atoms with van der Waals surface area (Å²) in [5, 5.41) is 0. The second-order valence-corrected chi connectivity index (χ2v) is 19.8. The molecule has 0 aliphatic carbocycles. The molecule has 0 amide bonds. The molecule has 62 heavy (non-hydrogen) atoms. The third-order valence-electron chi connectivity index (χ3n) is 13.9. The number of nitrogens with zero attached hydrogens (tertiary/aromatic N) is 2. The molecule has 358 valence electrons. The van der Waals surface area contributed by atoms with E-state index in [-0.39, 0.29) is 0 Å². The minimum Gasteiger partial charge on any atom is -0.370 e. The molecule has 2 aromatic carbocycles. The van der Waals surface area contributed by atoms with Crippen molar-refractivity contribution in [1.29, 1.82) is 0 Å². The molecule has 2 aromatic rings. The van der Waals surface area contributed by atoms with Crippen LogP contribution in [0, 0.1) is 0 Å². The summed E-state index contributed by atoms with van der Waals surface area (Å²) in [5.41, 5.74) is 2.78. The van der Waals surface area contributed by atoms with Crippen LogP contribution in [0.3, 0.4) is 0 Å². The van der Waals surface area contributed by atoms with Gasteiger partial charge >= 0.3 is 0 Å². The molecule has 0 atom stereocenters. The molecule has 0 bridgehead atoms. The fourth-order valence-electron chi connectivity index (χ4n) is 9.73. The summed E-state index contributed by atoms with van der Waals surface area (Å²) < 4.78 is 0. The normalized spacial score (nSPS) is 11.5. The molecule has 2 nitrogen and oxygen atoms in total. The van der Waals surface area contributed by atoms with E-state index >= 15 is 0 Å². The predicted molar refractivity (Wildman–Crippen MR) is 283 cm³/mol. The number of anilines is 2. The Morgan fingerprint density at radius 3 is 0.581 bits per heavy atom. The number of rotatable bonds is 49. The van der Waals surface area contributed by atoms with Gasteiger partial charge in [0.2, 0.25) is 0 Å². The van der Waals surface area contributed by atoms with Crippen molar-refractivity contribution in [2.75, 3.05) is 36.0 Å². The summed E-state index contributed by atoms with van der Waals surface area (Å²) in [5.74, 6) is 0. The average molecular weight is 858 g/mol. The first-order chi connectivity index (χ1) is 30.8. The van der Waals surface area contributed by atoms with E-state index in [4.69, 9.17) is 0 Å². The van der Waals surface area contributed by atoms with Gasteiger partial charge in [-0.15, -0.1) is 0 Å². The highest BCUT2D eigenvalue weighted by molar-refractivity contribution is 5.48. The van der Waals surface area contributed by atoms with Crippen LogP contribution >= 0.6 is 0 Å². The Bertz CT molecular complexity index is 1030. The highest BCUT2D eigenvalue weighted by Crippen LogP contribution is 2.21. The molecule has 2 heteroatoms. The van der Waals surface area contributed by atoms with Gasteiger partial charge in [0.1, 0.15) is 0 Å². The Morgan fingerprint density at radius 2 is 0.387 bits per heavy atom. The Hall–Kier alpha value is -1.96. The summed E-state index contributed by atoms with van der Waals surface area (Å²) in [7, 11) is 0. The minimum atomic E-state index is 1.09. The van der Waals surface area contributed by atoms with Gasteiger partial charge in [0, 0.05) is 37.6 Å². The average Bonchev–Trinajstić information content (AvgIpc) is 3.30. The number of benzene rings is 2. The van der Waals surface area contributed by atoms with E-state index in [9.17, 15) is 0 Å². The molecule has 0 unspecified atom stereocenters. The quantitative estimate of drug-likeness (QED) is 0.0612. The Labute approximate surface area is 390 Å². The van der Waals surface area contributed by atoms with Crippen LogP contribution in [0.2, 0.25) is 0 Å². The predicted octanol–water partition coefficient (Wildman–Crippen LogP) is 20.4. The first-order valence-corrected chi connectivity index (χ1v) is 28.4. The maximum atomic E-state index is 2.67. The van der Waals surface area contributed by atoms with Crippen molar-refractivity contribution in [2.45, 2.75) is 284 Å².